The molecule has 0 radical (unpaired) electrons. The molecule has 0 atom stereocenters. The fourth-order valence-electron chi connectivity index (χ4n) is 2.70. The van der Waals surface area contributed by atoms with Gasteiger partial charge in [0.05, 0.1) is 11.9 Å². The van der Waals surface area contributed by atoms with Gasteiger partial charge in [-0.25, -0.2) is 9.07 Å². The molecule has 0 aliphatic heterocycles. The molecule has 1 amide bonds. The number of alkyl halides is 3. The van der Waals surface area contributed by atoms with Crippen LogP contribution in [0, 0.1) is 5.82 Å². The molecule has 0 saturated heterocycles. The van der Waals surface area contributed by atoms with Crippen molar-refractivity contribution in [3.8, 4) is 17.1 Å². The molecular weight excluding hydrogens is 418 g/mol. The Balaban J connectivity index is 1.41. The third-order valence-corrected chi connectivity index (χ3v) is 4.25. The Morgan fingerprint density at radius 2 is 1.77 bits per heavy atom. The number of hydrogen-bond donors (Lipinski definition) is 1. The summed E-state index contributed by atoms with van der Waals surface area (Å²) in [7, 11) is 0. The van der Waals surface area contributed by atoms with E-state index in [1.165, 1.54) is 36.4 Å². The summed E-state index contributed by atoms with van der Waals surface area (Å²) in [5, 5.41) is 10.3. The van der Waals surface area contributed by atoms with E-state index < -0.39 is 17.9 Å². The van der Waals surface area contributed by atoms with Gasteiger partial charge >= 0.3 is 12.1 Å². The van der Waals surface area contributed by atoms with E-state index in [1.54, 1.807) is 29.2 Å². The molecule has 0 unspecified atom stereocenters. The molecule has 0 spiro atoms. The van der Waals surface area contributed by atoms with E-state index in [2.05, 4.69) is 25.1 Å². The first-order valence-corrected chi connectivity index (χ1v) is 8.88. The lowest BCUT2D eigenvalue weighted by Gasteiger charge is -2.04. The molecule has 0 aliphatic rings. The van der Waals surface area contributed by atoms with Gasteiger partial charge in [-0.05, 0) is 48.5 Å². The molecular formula is C20H13F4N5O2. The van der Waals surface area contributed by atoms with Gasteiger partial charge in [-0.15, -0.1) is 0 Å². The molecule has 2 heterocycles. The van der Waals surface area contributed by atoms with Gasteiger partial charge < -0.3 is 9.84 Å². The van der Waals surface area contributed by atoms with Gasteiger partial charge in [-0.3, -0.25) is 4.79 Å². The number of benzene rings is 2. The van der Waals surface area contributed by atoms with Crippen molar-refractivity contribution in [2.24, 2.45) is 0 Å². The van der Waals surface area contributed by atoms with E-state index >= 15 is 0 Å². The van der Waals surface area contributed by atoms with E-state index in [-0.39, 0.29) is 18.3 Å². The van der Waals surface area contributed by atoms with Crippen molar-refractivity contribution in [3.63, 3.8) is 0 Å². The van der Waals surface area contributed by atoms with Crippen LogP contribution in [0.2, 0.25) is 0 Å². The molecule has 0 bridgehead atoms. The van der Waals surface area contributed by atoms with Crippen LogP contribution in [0.4, 0.5) is 17.6 Å². The van der Waals surface area contributed by atoms with Crippen LogP contribution < -0.4 is 5.32 Å². The van der Waals surface area contributed by atoms with Gasteiger partial charge in [-0.1, -0.05) is 5.16 Å². The van der Waals surface area contributed by atoms with Gasteiger partial charge in [-0.2, -0.15) is 23.3 Å². The van der Waals surface area contributed by atoms with Crippen molar-refractivity contribution in [2.75, 3.05) is 0 Å². The van der Waals surface area contributed by atoms with Crippen LogP contribution in [0.25, 0.3) is 17.1 Å². The second-order valence-electron chi connectivity index (χ2n) is 6.45. The highest BCUT2D eigenvalue weighted by atomic mass is 19.4. The van der Waals surface area contributed by atoms with Crippen molar-refractivity contribution < 1.29 is 26.9 Å². The monoisotopic (exact) mass is 431 g/mol. The molecule has 4 aromatic rings. The van der Waals surface area contributed by atoms with Gasteiger partial charge in [0.25, 0.3) is 5.91 Å². The highest BCUT2D eigenvalue weighted by Gasteiger charge is 2.38. The summed E-state index contributed by atoms with van der Waals surface area (Å²) in [4.78, 5) is 15.4. The lowest BCUT2D eigenvalue weighted by molar-refractivity contribution is -0.159. The van der Waals surface area contributed by atoms with Crippen LogP contribution in [0.15, 0.2) is 65.4 Å². The maximum atomic E-state index is 12.9. The van der Waals surface area contributed by atoms with Crippen molar-refractivity contribution in [3.05, 3.63) is 83.8 Å². The maximum Gasteiger partial charge on any atom is 0.471 e. The molecule has 0 saturated carbocycles. The molecule has 2 aromatic carbocycles. The van der Waals surface area contributed by atoms with Crippen LogP contribution in [0.3, 0.4) is 0 Å². The third-order valence-electron chi connectivity index (χ3n) is 4.25. The molecule has 4 rings (SSSR count). The van der Waals surface area contributed by atoms with Gasteiger partial charge in [0.15, 0.2) is 0 Å². The van der Waals surface area contributed by atoms with E-state index in [4.69, 9.17) is 0 Å². The van der Waals surface area contributed by atoms with Crippen molar-refractivity contribution in [2.45, 2.75) is 12.7 Å². The average molecular weight is 431 g/mol. The lowest BCUT2D eigenvalue weighted by atomic mass is 10.2. The summed E-state index contributed by atoms with van der Waals surface area (Å²) in [6.45, 7) is 0.206. The Bertz CT molecular complexity index is 1200. The second kappa shape index (κ2) is 8.01. The molecule has 0 fully saturated rings. The van der Waals surface area contributed by atoms with Gasteiger partial charge in [0, 0.05) is 29.4 Å². The zero-order chi connectivity index (χ0) is 22.0. The normalized spacial score (nSPS) is 11.5. The van der Waals surface area contributed by atoms with Gasteiger partial charge in [0.1, 0.15) is 5.82 Å². The molecule has 31 heavy (non-hydrogen) atoms. The van der Waals surface area contributed by atoms with Crippen LogP contribution in [-0.4, -0.2) is 25.8 Å². The number of aromatic nitrogens is 4. The van der Waals surface area contributed by atoms with Crippen LogP contribution >= 0.6 is 0 Å². The Morgan fingerprint density at radius 1 is 1.06 bits per heavy atom. The fourth-order valence-corrected chi connectivity index (χ4v) is 2.70. The summed E-state index contributed by atoms with van der Waals surface area (Å²) in [6, 6.07) is 11.5. The highest BCUT2D eigenvalue weighted by Crippen LogP contribution is 2.29. The number of nitrogens with zero attached hydrogens (tertiary/aromatic N) is 4. The minimum absolute atomic E-state index is 0.177. The first-order chi connectivity index (χ1) is 14.8. The summed E-state index contributed by atoms with van der Waals surface area (Å²) in [6.07, 6.45) is -1.45. The molecule has 2 aromatic heterocycles. The maximum absolute atomic E-state index is 12.9. The number of nitrogens with one attached hydrogen (secondary N) is 1. The number of carbonyl (C=O) groups is 1. The number of carbonyl (C=O) groups excluding carboxylic acids is 1. The number of amides is 1. The zero-order valence-electron chi connectivity index (χ0n) is 15.6. The summed E-state index contributed by atoms with van der Waals surface area (Å²) < 4.78 is 56.4. The second-order valence-corrected chi connectivity index (χ2v) is 6.45. The Kier molecular flexibility index (Phi) is 5.24. The summed E-state index contributed by atoms with van der Waals surface area (Å²) >= 11 is 0. The van der Waals surface area contributed by atoms with Crippen molar-refractivity contribution >= 4 is 5.91 Å². The largest absolute Gasteiger partial charge is 0.471 e. The minimum Gasteiger partial charge on any atom is -0.348 e. The zero-order valence-corrected chi connectivity index (χ0v) is 15.6. The summed E-state index contributed by atoms with van der Waals surface area (Å²) in [5.41, 5.74) is 2.04. The molecule has 7 nitrogen and oxygen atoms in total. The van der Waals surface area contributed by atoms with Crippen molar-refractivity contribution in [1.82, 2.24) is 25.2 Å². The number of hydrogen-bond acceptors (Lipinski definition) is 5. The smallest absolute Gasteiger partial charge is 0.348 e. The van der Waals surface area contributed by atoms with E-state index in [1.807, 2.05) is 0 Å². The van der Waals surface area contributed by atoms with E-state index in [0.717, 1.165) is 0 Å². The first kappa shape index (κ1) is 20.3. The SMILES string of the molecule is O=C(NCc1cnn(-c2ccc(-c3noc(C(F)(F)F)n3)cc2)c1)c1ccc(F)cc1. The number of rotatable bonds is 5. The molecule has 0 aliphatic carbocycles. The molecule has 158 valence electrons. The molecule has 11 heteroatoms. The van der Waals surface area contributed by atoms with Crippen LogP contribution in [0.5, 0.6) is 0 Å². The van der Waals surface area contributed by atoms with Crippen LogP contribution in [0.1, 0.15) is 21.8 Å². The Labute approximate surface area is 172 Å². The Morgan fingerprint density at radius 3 is 2.42 bits per heavy atom. The number of halogens is 4. The van der Waals surface area contributed by atoms with Crippen molar-refractivity contribution in [1.29, 1.82) is 0 Å². The minimum atomic E-state index is -4.71. The van der Waals surface area contributed by atoms with E-state index in [0.29, 0.717) is 22.4 Å². The highest BCUT2D eigenvalue weighted by molar-refractivity contribution is 5.94. The predicted octanol–water partition coefficient (Wildman–Crippen LogP) is 4.01. The lowest BCUT2D eigenvalue weighted by Crippen LogP contribution is -2.22. The Hall–Kier alpha value is -4.02. The van der Waals surface area contributed by atoms with E-state index in [9.17, 15) is 22.4 Å². The first-order valence-electron chi connectivity index (χ1n) is 8.88. The predicted molar refractivity (Wildman–Crippen MR) is 99.4 cm³/mol. The average Bonchev–Trinajstić information content (AvgIpc) is 3.42. The molecule has 1 N–H and O–H groups in total. The third kappa shape index (κ3) is 4.60. The quantitative estimate of drug-likeness (QED) is 0.483. The summed E-state index contributed by atoms with van der Waals surface area (Å²) in [5.74, 6) is -2.37. The van der Waals surface area contributed by atoms with Gasteiger partial charge in [0.2, 0.25) is 5.82 Å². The standard InChI is InChI=1S/C20H13F4N5O2/c21-15-5-1-14(2-6-15)18(30)25-9-12-10-26-29(11-12)16-7-3-13(4-8-16)17-27-19(31-28-17)20(22,23)24/h1-8,10-11H,9H2,(H,25,30). The fraction of sp³-hybridized carbons (Fsp3) is 0.100. The topological polar surface area (TPSA) is 85.8 Å². The van der Waals surface area contributed by atoms with Crippen LogP contribution in [-0.2, 0) is 12.7 Å².